The zero-order valence-corrected chi connectivity index (χ0v) is 9.92. The van der Waals surface area contributed by atoms with E-state index in [0.717, 1.165) is 14.5 Å². The Hall–Kier alpha value is 0.809. The fourth-order valence-corrected chi connectivity index (χ4v) is 98.6. The molecule has 0 bridgehead atoms. The van der Waals surface area contributed by atoms with Crippen LogP contribution in [0.1, 0.15) is 6.92 Å². The molecule has 76 valence electrons. The van der Waals surface area contributed by atoms with E-state index in [-0.39, 0.29) is 0 Å². The summed E-state index contributed by atoms with van der Waals surface area (Å²) in [6.07, 6.45) is 0. The van der Waals surface area contributed by atoms with Gasteiger partial charge in [0.2, 0.25) is 0 Å². The van der Waals surface area contributed by atoms with Crippen molar-refractivity contribution in [2.24, 2.45) is 0 Å². The molecule has 0 amide bonds. The third-order valence-corrected chi connectivity index (χ3v) is 61.5. The van der Waals surface area contributed by atoms with Gasteiger partial charge in [-0.3, -0.25) is 0 Å². The van der Waals surface area contributed by atoms with Gasteiger partial charge in [0.05, 0.1) is 0 Å². The van der Waals surface area contributed by atoms with Crippen LogP contribution in [0.15, 0.2) is 0 Å². The Morgan fingerprint density at radius 1 is 1.00 bits per heavy atom. The molecule has 14 heavy (non-hydrogen) atoms. The molecule has 0 nitrogen and oxygen atoms in total. The van der Waals surface area contributed by atoms with Crippen LogP contribution >= 0.6 is 11.6 Å². The van der Waals surface area contributed by atoms with Crippen molar-refractivity contribution < 1.29 is 6.51 Å². The van der Waals surface area contributed by atoms with Gasteiger partial charge >= 0.3 is 78.1 Å². The van der Waals surface area contributed by atoms with Crippen molar-refractivity contribution in [2.75, 3.05) is 5.88 Å². The number of fused-ring (bicyclic) bond motifs is 10. The molecule has 0 N–H and O–H groups in total. The first-order valence-electron chi connectivity index (χ1n) is 6.26. The van der Waals surface area contributed by atoms with Crippen LogP contribution in [0.2, 0.25) is 47.2 Å². The molecule has 0 saturated carbocycles. The average Bonchev–Trinajstić information content (AvgIpc) is 3.10. The van der Waals surface area contributed by atoms with Crippen LogP contribution in [0.5, 0.6) is 0 Å². The van der Waals surface area contributed by atoms with E-state index in [0.29, 0.717) is 0 Å². The van der Waals surface area contributed by atoms with Gasteiger partial charge in [0, 0.05) is 0 Å². The molecule has 10 saturated heterocycles. The van der Waals surface area contributed by atoms with Crippen molar-refractivity contribution in [1.82, 2.24) is 0 Å². The maximum absolute atomic E-state index is 6.51. The summed E-state index contributed by atoms with van der Waals surface area (Å²) in [6, 6.07) is 0. The first-order valence-corrected chi connectivity index (χ1v) is 13.0. The fraction of sp³-hybridized carbons (Fsp3) is 1.00. The van der Waals surface area contributed by atoms with Gasteiger partial charge in [0.15, 0.2) is 0 Å². The Bertz CT molecular complexity index is 921. The quantitative estimate of drug-likeness (QED) is 0.477. The number of hydrogen-bond donors (Lipinski definition) is 0. The second-order valence-corrected chi connectivity index (χ2v) is 34.3. The zero-order chi connectivity index (χ0) is 8.64. The van der Waals surface area contributed by atoms with Crippen LogP contribution in [0.3, 0.4) is 0 Å². The van der Waals surface area contributed by atoms with Gasteiger partial charge in [-0.25, -0.2) is 0 Å². The minimum absolute atomic E-state index is 0.963. The first kappa shape index (κ1) is 4.98. The van der Waals surface area contributed by atoms with Crippen LogP contribution < -0.4 is 0 Å². The summed E-state index contributed by atoms with van der Waals surface area (Å²) in [6.45, 7) is -0.0193. The predicted molar refractivity (Wildman–Crippen MR) is 51.8 cm³/mol. The summed E-state index contributed by atoms with van der Waals surface area (Å²) in [5.74, 6) is 1.14. The Labute approximate surface area is 78.0 Å². The molecule has 10 aliphatic heterocycles. The van der Waals surface area contributed by atoms with Gasteiger partial charge < -0.3 is 0 Å². The van der Waals surface area contributed by atoms with Crippen LogP contribution in [-0.4, -0.2) is 5.88 Å². The summed E-state index contributed by atoms with van der Waals surface area (Å²) in [5.41, 5.74) is 0. The van der Waals surface area contributed by atoms with E-state index in [4.69, 9.17) is 11.6 Å². The molecule has 10 aliphatic rings. The number of halogens is 1. The molecule has 0 aromatic heterocycles. The molecule has 0 aromatic rings. The topological polar surface area (TPSA) is 0 Å². The third kappa shape index (κ3) is 0.0338. The van der Waals surface area contributed by atoms with Crippen LogP contribution in [-0.2, 0) is 6.51 Å². The Morgan fingerprint density at radius 2 is 1.50 bits per heavy atom. The standard InChI is InChI=1S/C6H6Cl.C6H7.Fe/c7-5-6-3-1-2-4-6;1-6-4-2-3-5-6;/h1-4H,5H2;2-5H,1H3;. The molecule has 8 atom stereocenters. The van der Waals surface area contributed by atoms with Gasteiger partial charge in [-0.05, 0) is 0 Å². The Balaban J connectivity index is 2.01. The number of alkyl halides is 1. The van der Waals surface area contributed by atoms with E-state index in [1.165, 1.54) is 38.5 Å². The Kier molecular flexibility index (Phi) is 0.118. The molecule has 0 aromatic carbocycles. The molecule has 8 unspecified atom stereocenters. The van der Waals surface area contributed by atoms with Crippen molar-refractivity contribution in [3.63, 3.8) is 0 Å². The van der Waals surface area contributed by atoms with Gasteiger partial charge in [0.1, 0.15) is 0 Å². The first-order chi connectivity index (χ1) is 6.49. The monoisotopic (exact) mass is 248 g/mol. The predicted octanol–water partition coefficient (Wildman–Crippen LogP) is 4.37. The fourth-order valence-electron chi connectivity index (χ4n) is 18.5. The molecular weight excluding hydrogens is 235 g/mol. The zero-order valence-electron chi connectivity index (χ0n) is 8.06. The second-order valence-electron chi connectivity index (χ2n) is 10.4. The Morgan fingerprint density at radius 3 is 1.57 bits per heavy atom. The number of hydrogen-bond acceptors (Lipinski definition) is 0. The molecule has 0 aliphatic carbocycles. The van der Waals surface area contributed by atoms with Crippen LogP contribution in [0.25, 0.3) is 0 Å². The minimum atomic E-state index is -2.80. The van der Waals surface area contributed by atoms with E-state index < -0.39 is 6.51 Å². The van der Waals surface area contributed by atoms with Crippen molar-refractivity contribution in [2.45, 2.75) is 54.1 Å². The summed E-state index contributed by atoms with van der Waals surface area (Å²) in [5, 5.41) is 0. The molecule has 0 radical (unpaired) electrons. The molecule has 10 heterocycles. The molecule has 2 heteroatoms. The summed E-state index contributed by atoms with van der Waals surface area (Å²) >= 11 is 6.51. The third-order valence-electron chi connectivity index (χ3n) is 16.0. The van der Waals surface area contributed by atoms with Crippen molar-refractivity contribution in [3.05, 3.63) is 0 Å². The molecule has 10 rings (SSSR count). The van der Waals surface area contributed by atoms with Gasteiger partial charge in [-0.1, -0.05) is 0 Å². The molecule has 10 fully saturated rings. The average molecular weight is 249 g/mol. The molecular formula is C12H13ClFe. The van der Waals surface area contributed by atoms with Crippen molar-refractivity contribution in [1.29, 1.82) is 0 Å². The van der Waals surface area contributed by atoms with E-state index in [1.807, 2.05) is 0 Å². The van der Waals surface area contributed by atoms with E-state index in [9.17, 15) is 0 Å². The summed E-state index contributed by atoms with van der Waals surface area (Å²) in [7, 11) is 0. The van der Waals surface area contributed by atoms with Crippen LogP contribution in [0, 0.1) is 0 Å². The van der Waals surface area contributed by atoms with E-state index in [1.54, 1.807) is 0 Å². The van der Waals surface area contributed by atoms with Crippen molar-refractivity contribution >= 4 is 11.6 Å². The number of rotatable bonds is 1. The second kappa shape index (κ2) is 0.330. The maximum atomic E-state index is 6.51. The summed E-state index contributed by atoms with van der Waals surface area (Å²) in [4.78, 5) is 11.4. The van der Waals surface area contributed by atoms with Gasteiger partial charge in [-0.15, -0.1) is 0 Å². The van der Waals surface area contributed by atoms with Gasteiger partial charge in [0.25, 0.3) is 0 Å². The molecule has 1 spiro atoms. The summed E-state index contributed by atoms with van der Waals surface area (Å²) < 4.78 is 2.04. The van der Waals surface area contributed by atoms with E-state index in [2.05, 4.69) is 6.92 Å². The van der Waals surface area contributed by atoms with Crippen molar-refractivity contribution in [3.8, 4) is 0 Å². The van der Waals surface area contributed by atoms with E-state index >= 15 is 0 Å². The van der Waals surface area contributed by atoms with Crippen LogP contribution in [0.4, 0.5) is 0 Å². The van der Waals surface area contributed by atoms with Gasteiger partial charge in [-0.2, -0.15) is 0 Å². The normalized spacial score (nSPS) is 148. The SMILES string of the molecule is C[C]12[CH]3[CH]4[CH]5[CH]1[Fe]45321678[CH]2[CH]1[CH]6[C]7(CCl)[CH]28.